The summed E-state index contributed by atoms with van der Waals surface area (Å²) in [6.07, 6.45) is -23.1. The van der Waals surface area contributed by atoms with Crippen molar-refractivity contribution in [2.24, 2.45) is 0 Å². The van der Waals surface area contributed by atoms with Gasteiger partial charge in [0.25, 0.3) is 31.3 Å². The Kier molecular flexibility index (Phi) is 62.8. The van der Waals surface area contributed by atoms with Crippen molar-refractivity contribution in [3.63, 3.8) is 0 Å². The number of ether oxygens (including phenoxy) is 10. The zero-order valence-corrected chi connectivity index (χ0v) is 98.3. The van der Waals surface area contributed by atoms with E-state index in [2.05, 4.69) is 76.8 Å². The van der Waals surface area contributed by atoms with Crippen LogP contribution in [0.2, 0.25) is 0 Å². The van der Waals surface area contributed by atoms with Gasteiger partial charge in [0.05, 0.1) is 66.9 Å². The van der Waals surface area contributed by atoms with Gasteiger partial charge < -0.3 is 168 Å². The quantitative estimate of drug-likeness (QED) is 0.00939. The number of nitrogen functional groups attached to an aromatic ring is 2. The van der Waals surface area contributed by atoms with E-state index in [0.717, 1.165) is 56.3 Å². The Hall–Kier alpha value is -1.44. The predicted octanol–water partition coefficient (Wildman–Crippen LogP) is -34.2. The molecule has 14 N–H and O–H groups in total. The van der Waals surface area contributed by atoms with Crippen molar-refractivity contribution in [1.82, 2.24) is 58.1 Å². The molecule has 4 unspecified atom stereocenters. The van der Waals surface area contributed by atoms with Crippen LogP contribution in [0, 0.1) is 0 Å². The Balaban J connectivity index is 0. The van der Waals surface area contributed by atoms with E-state index in [1.54, 1.807) is 0 Å². The summed E-state index contributed by atoms with van der Waals surface area (Å²) in [6.45, 7) is 5.65. The van der Waals surface area contributed by atoms with Crippen molar-refractivity contribution in [2.45, 2.75) is 204 Å². The molecule has 0 radical (unpaired) electrons. The maximum Gasteiger partial charge on any atom is 1.00 e. The second-order valence-corrected chi connectivity index (χ2v) is 36.1. The van der Waals surface area contributed by atoms with E-state index >= 15 is 0 Å². The number of phosphoric ester groups is 2. The number of rotatable bonds is 28. The van der Waals surface area contributed by atoms with Gasteiger partial charge >= 0.3 is 284 Å². The Morgan fingerprint density at radius 1 is 0.414 bits per heavy atom. The van der Waals surface area contributed by atoms with Crippen LogP contribution in [-0.2, 0) is 139 Å². The summed E-state index contributed by atoms with van der Waals surface area (Å²) in [7, 11) is -36.6. The van der Waals surface area contributed by atoms with Crippen LogP contribution < -0.4 is 309 Å². The molecule has 0 saturated carbocycles. The van der Waals surface area contributed by atoms with Gasteiger partial charge in [-0.25, -0.2) is 48.1 Å². The van der Waals surface area contributed by atoms with E-state index in [1.807, 2.05) is 0 Å². The molecule has 6 aromatic rings. The largest absolute Gasteiger partial charge is 1.00 e. The van der Waals surface area contributed by atoms with Crippen LogP contribution >= 0.6 is 46.9 Å². The average molecular weight is 2190 g/mol. The number of anilines is 4. The van der Waals surface area contributed by atoms with Crippen LogP contribution in [0.25, 0.3) is 22.3 Å². The van der Waals surface area contributed by atoms with Crippen LogP contribution in [0.5, 0.6) is 0 Å². The molecule has 10 heterocycles. The number of amides is 2. The van der Waals surface area contributed by atoms with E-state index in [1.165, 1.54) is 67.2 Å². The number of aromatic nitrogens is 12. The molecule has 6 aromatic heterocycles. The van der Waals surface area contributed by atoms with Crippen molar-refractivity contribution in [3.8, 4) is 0 Å². The number of imidazole rings is 2. The molecule has 0 aromatic carbocycles. The van der Waals surface area contributed by atoms with Crippen molar-refractivity contribution in [2.75, 3.05) is 48.5 Å². The molecule has 4 aliphatic rings. The van der Waals surface area contributed by atoms with Crippen LogP contribution in [0.3, 0.4) is 0 Å². The van der Waals surface area contributed by atoms with Crippen LogP contribution in [0.1, 0.15) is 106 Å². The molecule has 78 heteroatoms. The third kappa shape index (κ3) is 44.1. The molecular weight excluding hydrogens is 2110 g/mol. The van der Waals surface area contributed by atoms with Crippen molar-refractivity contribution >= 4 is 140 Å². The minimum absolute atomic E-state index is 0. The number of nitrogens with one attached hydrogen (secondary N) is 2. The van der Waals surface area contributed by atoms with Gasteiger partial charge in [-0.3, -0.25) is 83.5 Å². The summed E-state index contributed by atoms with van der Waals surface area (Å²) in [4.78, 5) is 236. The number of nitrogens with two attached hydrogens (primary N) is 2. The van der Waals surface area contributed by atoms with E-state index in [0.29, 0.717) is 0 Å². The first-order valence-electron chi connectivity index (χ1n) is 37.2. The Morgan fingerprint density at radius 3 is 1.11 bits per heavy atom. The van der Waals surface area contributed by atoms with E-state index < -0.39 is 255 Å². The number of fused-ring (bicyclic) bond motifs is 2. The van der Waals surface area contributed by atoms with Gasteiger partial charge in [0.15, 0.2) is 52.9 Å². The first kappa shape index (κ1) is 141. The maximum absolute atomic E-state index is 12.6. The van der Waals surface area contributed by atoms with Gasteiger partial charge in [0.2, 0.25) is 11.8 Å². The van der Waals surface area contributed by atoms with Crippen LogP contribution in [0.15, 0.2) is 59.4 Å². The molecule has 2 amide bonds. The van der Waals surface area contributed by atoms with E-state index in [9.17, 15) is 155 Å². The van der Waals surface area contributed by atoms with Gasteiger partial charge in [-0.1, -0.05) is 0 Å². The molecule has 64 nitrogen and oxygen atoms in total. The molecule has 4 saturated heterocycles. The molecule has 0 aliphatic carbocycles. The number of aliphatic hydroxyl groups excluding tert-OH is 8. The third-order valence-corrected chi connectivity index (χ3v) is 24.8. The van der Waals surface area contributed by atoms with E-state index in [-0.39, 0.29) is 307 Å². The average Bonchev–Trinajstić information content (AvgIpc) is 1.63. The fourth-order valence-electron chi connectivity index (χ4n) is 12.6. The summed E-state index contributed by atoms with van der Waals surface area (Å²) < 4.78 is 147. The molecule has 10 rings (SSSR count). The zero-order chi connectivity index (χ0) is 98.9. The number of esters is 6. The molecule has 4 aliphatic heterocycles. The first-order chi connectivity index (χ1) is 61.2. The molecule has 4 fully saturated rings. The number of hydrogen-bond donors (Lipinski definition) is 12. The van der Waals surface area contributed by atoms with Crippen molar-refractivity contribution < 1.29 is 456 Å². The number of carbonyl (C=O) groups excluding carboxylic acids is 8. The number of aliphatic hydroxyl groups is 8. The third-order valence-electron chi connectivity index (χ3n) is 17.5. The van der Waals surface area contributed by atoms with Gasteiger partial charge in [-0.2, -0.15) is 9.97 Å². The summed E-state index contributed by atoms with van der Waals surface area (Å²) >= 11 is 0. The number of carbonyl (C=O) groups is 8. The molecule has 0 spiro atoms. The van der Waals surface area contributed by atoms with Gasteiger partial charge in [-0.15, -0.1) is 0 Å². The Bertz CT molecular complexity index is 5570. The standard InChI is InChI=1S/C20H25N5O9.C19H25N3O10.C12H20N5O14P3.C11H20N3O15P3.8Na/c1-9(27)24-19-16-20(22-7-21-19)25(8-23-16)15-5-13(31-10(2)28)17(32-11(3)29)18(33-12(4)30)14(6-26)34-15;1-9(24)20-15-5-6-22(19(28)21-15)16-7-13(29-10(2)25)17(30-11(3)26)18(31-12(4)27)14(8-23)32-16;13-11-8-12(15-3-14-11)17(4-16-8)7-1-5(18)9(19)10(20)6(29-7)2-28-33(24,25)31-34(26,27)30-32(21,22)23;12-7-1-2-14(11(18)13-7)8-3-5(15)9(16)10(17)6(27-8)4-26-31(22,23)29-32(24,25)28-30(19,20)21;;;;;;;;/h7-8,13-15,17-18,26H,5-6H2,1-4H3,(H,21,22,24,27);5-6,13-14,16-18,23H,7-8H2,1-4H3,(H,20,21,24,28);3-7,9-10,18-20H,1-2H2,(H,24,25)(H,26,27)(H2,13,14,15)(H2,21,22,23);1-2,5-6,8-10,15-17H,3-4H2,(H,22,23)(H,24,25)(H2,12,13,18)(H2,19,20,21);;;;;;;;/q;;;;8*+1/p-8/t13-,14+,15+,17-,18+;13-,14+,16+,17-,18+;5-,6+,7+,9-,10+;5-,6+,8+,9-,10+;;;;;;;;/m0000......../s1. The second kappa shape index (κ2) is 62.5. The van der Waals surface area contributed by atoms with Crippen molar-refractivity contribution in [3.05, 3.63) is 70.8 Å². The maximum atomic E-state index is 12.6. The molecule has 140 heavy (non-hydrogen) atoms. The number of nitrogens with zero attached hydrogens (tertiary/aromatic N) is 12. The normalized spacial score (nSPS) is 26.1. The minimum atomic E-state index is -6.22. The van der Waals surface area contributed by atoms with Gasteiger partial charge in [-0.05, 0) is 12.1 Å². The van der Waals surface area contributed by atoms with Crippen molar-refractivity contribution in [1.29, 1.82) is 0 Å². The van der Waals surface area contributed by atoms with E-state index in [4.69, 9.17) is 58.8 Å². The smallest absolute Gasteiger partial charge is 0.790 e. The fourth-order valence-corrected chi connectivity index (χ4v) is 18.3. The summed E-state index contributed by atoms with van der Waals surface area (Å²) in [5.74, 6) is -5.08. The predicted molar refractivity (Wildman–Crippen MR) is 405 cm³/mol. The summed E-state index contributed by atoms with van der Waals surface area (Å²) in [6, 6.07) is 2.52. The van der Waals surface area contributed by atoms with Gasteiger partial charge in [0, 0.05) is 93.5 Å². The Morgan fingerprint density at radius 2 is 0.750 bits per heavy atom. The second-order valence-electron chi connectivity index (χ2n) is 27.7. The summed E-state index contributed by atoms with van der Waals surface area (Å²) in [5, 5.41) is 85.5. The van der Waals surface area contributed by atoms with Crippen LogP contribution in [-0.4, -0.2) is 271 Å². The molecule has 0 bridgehead atoms. The van der Waals surface area contributed by atoms with Crippen LogP contribution in [0.4, 0.5) is 23.3 Å². The number of hydrogen-bond acceptors (Lipinski definition) is 58. The SMILES string of the molecule is CC(=O)Nc1ccn([C@H]2C[C@H](OC(C)=O)[C@H](OC(C)=O)[C@H](OC(C)=O)[C@@H](CO)O2)c(=O)n1.CC(=O)Nc1ncnc2c1ncn2[C@H]1C[C@H](OC(C)=O)[C@H](OC(C)=O)[C@H](OC(C)=O)[C@@H](CO)O1.Nc1ccn([C@H]2C[C@H](O)[C@H](O)[C@H](O)[C@@H](COP(=O)([O-])OP(=O)([O-])OP(=O)([O-])[O-])O2)c(=O)n1.Nc1ncnc2c1ncn2[C@H]1C[C@H](O)[C@H](O)[C@H](O)[C@@H](COP(=O)([O-])OP(=O)([O-])OP(=O)([O-])[O-])O1.[Na+].[Na+].[Na+].[Na+].[Na+].[Na+].[Na+].[Na+]. The van der Waals surface area contributed by atoms with Gasteiger partial charge in [0.1, 0.15) is 116 Å². The number of phosphoric acid groups is 6. The first-order valence-corrected chi connectivity index (χ1v) is 45.9. The summed E-state index contributed by atoms with van der Waals surface area (Å²) in [5.41, 5.74) is 10.1. The Labute approximate surface area is 965 Å². The molecule has 736 valence electrons. The topological polar surface area (TPSA) is 966 Å². The fraction of sp³-hybridized carbons (Fsp3) is 0.581. The molecular formula is C62H82N16Na8O48P6. The zero-order valence-electron chi connectivity index (χ0n) is 76.9. The molecule has 24 atom stereocenters. The minimum Gasteiger partial charge on any atom is -0.790 e. The monoisotopic (exact) mass is 2190 g/mol.